The first-order valence-corrected chi connectivity index (χ1v) is 8.06. The quantitative estimate of drug-likeness (QED) is 0.625. The zero-order chi connectivity index (χ0) is 16.2. The van der Waals surface area contributed by atoms with Gasteiger partial charge in [-0.05, 0) is 36.8 Å². The summed E-state index contributed by atoms with van der Waals surface area (Å²) in [6.45, 7) is 3.07. The van der Waals surface area contributed by atoms with E-state index in [-0.39, 0.29) is 16.6 Å². The normalized spacial score (nSPS) is 12.5. The minimum atomic E-state index is -3.85. The number of rotatable bonds is 5. The molecule has 0 aliphatic carbocycles. The maximum atomic E-state index is 12.1. The predicted molar refractivity (Wildman–Crippen MR) is 80.9 cm³/mol. The van der Waals surface area contributed by atoms with Crippen molar-refractivity contribution < 1.29 is 22.1 Å². The van der Waals surface area contributed by atoms with Gasteiger partial charge in [0, 0.05) is 6.92 Å². The molecule has 116 valence electrons. The van der Waals surface area contributed by atoms with Crippen molar-refractivity contribution >= 4 is 16.1 Å². The van der Waals surface area contributed by atoms with Crippen LogP contribution in [0.3, 0.4) is 0 Å². The lowest BCUT2D eigenvalue weighted by atomic mass is 10.1. The van der Waals surface area contributed by atoms with Crippen LogP contribution in [-0.2, 0) is 19.6 Å². The molecule has 6 heteroatoms. The first kappa shape index (κ1) is 16.0. The Hall–Kier alpha value is -2.34. The predicted octanol–water partition coefficient (Wildman–Crippen LogP) is 3.08. The largest absolute Gasteiger partial charge is 0.458 e. The van der Waals surface area contributed by atoms with Crippen molar-refractivity contribution in [2.75, 3.05) is 0 Å². The van der Waals surface area contributed by atoms with Crippen molar-refractivity contribution in [3.63, 3.8) is 0 Å². The number of benzene rings is 2. The summed E-state index contributed by atoms with van der Waals surface area (Å²) < 4.78 is 34.3. The Morgan fingerprint density at radius 1 is 1.00 bits per heavy atom. The minimum absolute atomic E-state index is 0.0901. The van der Waals surface area contributed by atoms with Gasteiger partial charge in [-0.1, -0.05) is 30.3 Å². The van der Waals surface area contributed by atoms with Crippen LogP contribution < -0.4 is 4.18 Å². The molecule has 0 spiro atoms. The molecular weight excluding hydrogens is 304 g/mol. The molecule has 0 bridgehead atoms. The summed E-state index contributed by atoms with van der Waals surface area (Å²) in [5.74, 6) is -0.179. The van der Waals surface area contributed by atoms with Crippen molar-refractivity contribution in [1.29, 1.82) is 0 Å². The van der Waals surface area contributed by atoms with Gasteiger partial charge in [0.25, 0.3) is 0 Å². The van der Waals surface area contributed by atoms with Crippen LogP contribution in [0, 0.1) is 0 Å². The van der Waals surface area contributed by atoms with Gasteiger partial charge in [0.15, 0.2) is 0 Å². The number of esters is 1. The van der Waals surface area contributed by atoms with E-state index in [2.05, 4.69) is 0 Å². The lowest BCUT2D eigenvalue weighted by Gasteiger charge is -2.13. The molecule has 0 N–H and O–H groups in total. The molecule has 0 fully saturated rings. The van der Waals surface area contributed by atoms with E-state index < -0.39 is 16.2 Å². The summed E-state index contributed by atoms with van der Waals surface area (Å²) in [6, 6.07) is 14.3. The van der Waals surface area contributed by atoms with Crippen LogP contribution in [0.1, 0.15) is 25.5 Å². The molecule has 0 heterocycles. The highest BCUT2D eigenvalue weighted by molar-refractivity contribution is 7.87. The fourth-order valence-electron chi connectivity index (χ4n) is 1.87. The van der Waals surface area contributed by atoms with Crippen LogP contribution in [0.25, 0.3) is 0 Å². The third-order valence-electron chi connectivity index (χ3n) is 2.93. The molecule has 2 aromatic rings. The summed E-state index contributed by atoms with van der Waals surface area (Å²) in [4.78, 5) is 11.0. The maximum absolute atomic E-state index is 12.1. The van der Waals surface area contributed by atoms with Crippen LogP contribution in [-0.4, -0.2) is 14.4 Å². The molecule has 2 aromatic carbocycles. The van der Waals surface area contributed by atoms with E-state index in [4.69, 9.17) is 8.92 Å². The van der Waals surface area contributed by atoms with E-state index in [1.165, 1.54) is 31.2 Å². The Morgan fingerprint density at radius 2 is 1.59 bits per heavy atom. The van der Waals surface area contributed by atoms with Crippen LogP contribution in [0.4, 0.5) is 0 Å². The summed E-state index contributed by atoms with van der Waals surface area (Å²) >= 11 is 0. The monoisotopic (exact) mass is 320 g/mol. The second-order valence-electron chi connectivity index (χ2n) is 4.67. The number of hydrogen-bond donors (Lipinski definition) is 0. The van der Waals surface area contributed by atoms with Crippen LogP contribution >= 0.6 is 0 Å². The smallest absolute Gasteiger partial charge is 0.339 e. The lowest BCUT2D eigenvalue weighted by Crippen LogP contribution is -2.09. The van der Waals surface area contributed by atoms with Crippen LogP contribution in [0.15, 0.2) is 59.5 Å². The first-order chi connectivity index (χ1) is 10.4. The standard InChI is InChI=1S/C16H16O5S/c1-12(20-13(2)17)14-8-10-15(11-9-14)21-22(18,19)16-6-4-3-5-7-16/h3-12H,1-2H3. The molecule has 5 nitrogen and oxygen atoms in total. The molecule has 0 saturated carbocycles. The van der Waals surface area contributed by atoms with Gasteiger partial charge in [-0.2, -0.15) is 8.42 Å². The second-order valence-corrected chi connectivity index (χ2v) is 6.22. The Morgan fingerprint density at radius 3 is 2.14 bits per heavy atom. The Labute approximate surface area is 129 Å². The topological polar surface area (TPSA) is 69.7 Å². The Balaban J connectivity index is 2.13. The molecule has 0 aliphatic heterocycles. The molecule has 0 amide bonds. The SMILES string of the molecule is CC(=O)OC(C)c1ccc(OS(=O)(=O)c2ccccc2)cc1. The third-order valence-corrected chi connectivity index (χ3v) is 4.19. The molecule has 0 saturated heterocycles. The van der Waals surface area contributed by atoms with Gasteiger partial charge < -0.3 is 8.92 Å². The zero-order valence-electron chi connectivity index (χ0n) is 12.2. The highest BCUT2D eigenvalue weighted by atomic mass is 32.2. The molecule has 0 aliphatic rings. The highest BCUT2D eigenvalue weighted by Crippen LogP contribution is 2.23. The van der Waals surface area contributed by atoms with Gasteiger partial charge in [-0.25, -0.2) is 0 Å². The minimum Gasteiger partial charge on any atom is -0.458 e. The molecule has 0 aromatic heterocycles. The average molecular weight is 320 g/mol. The van der Waals surface area contributed by atoms with E-state index in [1.54, 1.807) is 37.3 Å². The van der Waals surface area contributed by atoms with Gasteiger partial charge in [-0.3, -0.25) is 4.79 Å². The van der Waals surface area contributed by atoms with Gasteiger partial charge in [0.2, 0.25) is 0 Å². The van der Waals surface area contributed by atoms with Crippen LogP contribution in [0.2, 0.25) is 0 Å². The van der Waals surface area contributed by atoms with E-state index in [1.807, 2.05) is 0 Å². The van der Waals surface area contributed by atoms with Crippen molar-refractivity contribution in [1.82, 2.24) is 0 Å². The third kappa shape index (κ3) is 4.08. The number of ether oxygens (including phenoxy) is 1. The highest BCUT2D eigenvalue weighted by Gasteiger charge is 2.16. The average Bonchev–Trinajstić information content (AvgIpc) is 2.48. The van der Waals surface area contributed by atoms with Gasteiger partial charge in [0.05, 0.1) is 0 Å². The molecule has 0 radical (unpaired) electrons. The van der Waals surface area contributed by atoms with E-state index in [9.17, 15) is 13.2 Å². The summed E-state index contributed by atoms with van der Waals surface area (Å²) in [5, 5.41) is 0. The Kier molecular flexibility index (Phi) is 4.82. The van der Waals surface area contributed by atoms with E-state index in [0.717, 1.165) is 5.56 Å². The first-order valence-electron chi connectivity index (χ1n) is 6.65. The molecule has 22 heavy (non-hydrogen) atoms. The van der Waals surface area contributed by atoms with Gasteiger partial charge >= 0.3 is 16.1 Å². The molecule has 1 atom stereocenters. The molecule has 1 unspecified atom stereocenters. The van der Waals surface area contributed by atoms with Crippen molar-refractivity contribution in [3.8, 4) is 5.75 Å². The van der Waals surface area contributed by atoms with Gasteiger partial charge in [-0.15, -0.1) is 0 Å². The fraction of sp³-hybridized carbons (Fsp3) is 0.188. The summed E-state index contributed by atoms with van der Waals surface area (Å²) in [5.41, 5.74) is 0.750. The summed E-state index contributed by atoms with van der Waals surface area (Å²) in [7, 11) is -3.85. The van der Waals surface area contributed by atoms with Crippen molar-refractivity contribution in [2.45, 2.75) is 24.8 Å². The zero-order valence-corrected chi connectivity index (χ0v) is 13.0. The number of carbonyl (C=O) groups excluding carboxylic acids is 1. The molecule has 2 rings (SSSR count). The number of carbonyl (C=O) groups is 1. The lowest BCUT2D eigenvalue weighted by molar-refractivity contribution is -0.145. The second kappa shape index (κ2) is 6.62. The molecular formula is C16H16O5S. The summed E-state index contributed by atoms with van der Waals surface area (Å²) in [6.07, 6.45) is -0.405. The fourth-order valence-corrected chi connectivity index (χ4v) is 2.82. The van der Waals surface area contributed by atoms with Gasteiger partial charge in [0.1, 0.15) is 16.7 Å². The van der Waals surface area contributed by atoms with Crippen LogP contribution in [0.5, 0.6) is 5.75 Å². The maximum Gasteiger partial charge on any atom is 0.339 e. The van der Waals surface area contributed by atoms with Crippen molar-refractivity contribution in [3.05, 3.63) is 60.2 Å². The number of hydrogen-bond acceptors (Lipinski definition) is 5. The Bertz CT molecular complexity index is 736. The van der Waals surface area contributed by atoms with Crippen molar-refractivity contribution in [2.24, 2.45) is 0 Å². The van der Waals surface area contributed by atoms with E-state index >= 15 is 0 Å². The van der Waals surface area contributed by atoms with E-state index in [0.29, 0.717) is 0 Å².